The van der Waals surface area contributed by atoms with Gasteiger partial charge in [-0.2, -0.15) is 4.72 Å². The van der Waals surface area contributed by atoms with Crippen molar-refractivity contribution < 1.29 is 22.7 Å². The first-order valence-electron chi connectivity index (χ1n) is 10.0. The van der Waals surface area contributed by atoms with Crippen LogP contribution in [-0.4, -0.2) is 34.6 Å². The van der Waals surface area contributed by atoms with E-state index in [1.807, 2.05) is 60.7 Å². The van der Waals surface area contributed by atoms with Gasteiger partial charge in [0.2, 0.25) is 15.9 Å². The summed E-state index contributed by atoms with van der Waals surface area (Å²) < 4.78 is 38.5. The Kier molecular flexibility index (Phi) is 7.50. The van der Waals surface area contributed by atoms with Gasteiger partial charge in [0, 0.05) is 6.07 Å². The molecule has 1 atom stereocenters. The van der Waals surface area contributed by atoms with Gasteiger partial charge >= 0.3 is 0 Å². The molecule has 7 nitrogen and oxygen atoms in total. The fraction of sp³-hybridized carbons (Fsp3) is 0.208. The van der Waals surface area contributed by atoms with E-state index in [9.17, 15) is 13.2 Å². The molecule has 0 saturated heterocycles. The molecule has 0 radical (unpaired) electrons. The van der Waals surface area contributed by atoms with E-state index in [1.54, 1.807) is 0 Å². The first-order valence-corrected chi connectivity index (χ1v) is 11.5. The van der Waals surface area contributed by atoms with Gasteiger partial charge in [0.15, 0.2) is 11.5 Å². The van der Waals surface area contributed by atoms with Crippen LogP contribution in [0.2, 0.25) is 0 Å². The first kappa shape index (κ1) is 23.3. The van der Waals surface area contributed by atoms with E-state index >= 15 is 0 Å². The van der Waals surface area contributed by atoms with Gasteiger partial charge in [-0.25, -0.2) is 8.42 Å². The number of carbonyl (C=O) groups is 1. The number of rotatable bonds is 9. The number of carbonyl (C=O) groups excluding carboxylic acids is 1. The van der Waals surface area contributed by atoms with Gasteiger partial charge < -0.3 is 14.8 Å². The summed E-state index contributed by atoms with van der Waals surface area (Å²) in [7, 11) is -1.09. The smallest absolute Gasteiger partial charge is 0.241 e. The summed E-state index contributed by atoms with van der Waals surface area (Å²) in [5.41, 5.74) is 1.78. The van der Waals surface area contributed by atoms with Gasteiger partial charge in [-0.1, -0.05) is 60.7 Å². The molecule has 8 heteroatoms. The van der Waals surface area contributed by atoms with Crippen LogP contribution in [0.5, 0.6) is 11.5 Å². The van der Waals surface area contributed by atoms with Gasteiger partial charge in [0.1, 0.15) is 0 Å². The van der Waals surface area contributed by atoms with Crippen molar-refractivity contribution in [3.8, 4) is 11.5 Å². The predicted octanol–water partition coefficient (Wildman–Crippen LogP) is 3.28. The minimum atomic E-state index is -3.97. The van der Waals surface area contributed by atoms with Gasteiger partial charge in [-0.15, -0.1) is 0 Å². The second-order valence-corrected chi connectivity index (χ2v) is 8.84. The van der Waals surface area contributed by atoms with Crippen LogP contribution < -0.4 is 19.5 Å². The van der Waals surface area contributed by atoms with E-state index in [1.165, 1.54) is 39.3 Å². The van der Waals surface area contributed by atoms with E-state index in [-0.39, 0.29) is 10.6 Å². The maximum Gasteiger partial charge on any atom is 0.241 e. The number of methoxy groups -OCH3 is 2. The van der Waals surface area contributed by atoms with Crippen LogP contribution in [-0.2, 0) is 14.8 Å². The molecule has 0 aliphatic carbocycles. The number of hydrogen-bond acceptors (Lipinski definition) is 5. The molecule has 3 aromatic carbocycles. The second kappa shape index (κ2) is 10.3. The lowest BCUT2D eigenvalue weighted by atomic mass is 9.98. The number of nitrogens with one attached hydrogen (secondary N) is 2. The highest BCUT2D eigenvalue weighted by Gasteiger charge is 2.26. The zero-order chi connectivity index (χ0) is 23.1. The van der Waals surface area contributed by atoms with Crippen molar-refractivity contribution in [3.05, 3.63) is 90.0 Å². The van der Waals surface area contributed by atoms with Crippen molar-refractivity contribution in [1.29, 1.82) is 0 Å². The Balaban J connectivity index is 1.79. The molecular formula is C24H26N2O5S. The van der Waals surface area contributed by atoms with Crippen LogP contribution in [0.25, 0.3) is 0 Å². The maximum absolute atomic E-state index is 12.9. The van der Waals surface area contributed by atoms with E-state index in [0.29, 0.717) is 5.75 Å². The summed E-state index contributed by atoms with van der Waals surface area (Å²) in [5.74, 6) is 0.235. The standard InChI is InChI=1S/C24H26N2O5S/c1-17(26-32(28,29)20-14-15-21(30-2)22(16-20)31-3)24(27)25-23(18-10-6-4-7-11-18)19-12-8-5-9-13-19/h4-17,23,26H,1-3H3,(H,25,27)/t17-/m0/s1. The molecule has 0 saturated carbocycles. The Morgan fingerprint density at radius 2 is 1.34 bits per heavy atom. The molecule has 2 N–H and O–H groups in total. The van der Waals surface area contributed by atoms with Crippen molar-refractivity contribution >= 4 is 15.9 Å². The molecule has 1 amide bonds. The summed E-state index contributed by atoms with van der Waals surface area (Å²) in [4.78, 5) is 12.9. The molecule has 0 unspecified atom stereocenters. The van der Waals surface area contributed by atoms with Crippen molar-refractivity contribution in [2.75, 3.05) is 14.2 Å². The zero-order valence-electron chi connectivity index (χ0n) is 18.1. The lowest BCUT2D eigenvalue weighted by Gasteiger charge is -2.22. The SMILES string of the molecule is COc1ccc(S(=O)(=O)N[C@@H](C)C(=O)NC(c2ccccc2)c2ccccc2)cc1OC. The molecule has 0 bridgehead atoms. The number of hydrogen-bond donors (Lipinski definition) is 2. The van der Waals surface area contributed by atoms with E-state index in [2.05, 4.69) is 10.0 Å². The molecule has 0 aromatic heterocycles. The number of ether oxygens (including phenoxy) is 2. The van der Waals surface area contributed by atoms with Crippen LogP contribution in [0, 0.1) is 0 Å². The van der Waals surface area contributed by atoms with E-state index < -0.39 is 28.0 Å². The fourth-order valence-corrected chi connectivity index (χ4v) is 4.47. The molecule has 32 heavy (non-hydrogen) atoms. The Hall–Kier alpha value is -3.36. The number of benzene rings is 3. The third-order valence-electron chi connectivity index (χ3n) is 4.94. The molecular weight excluding hydrogens is 428 g/mol. The first-order chi connectivity index (χ1) is 15.4. The van der Waals surface area contributed by atoms with Gasteiger partial charge in [0.25, 0.3) is 0 Å². The van der Waals surface area contributed by atoms with E-state index in [0.717, 1.165) is 11.1 Å². The monoisotopic (exact) mass is 454 g/mol. The summed E-state index contributed by atoms with van der Waals surface area (Å²) in [6.07, 6.45) is 0. The predicted molar refractivity (Wildman–Crippen MR) is 122 cm³/mol. The highest BCUT2D eigenvalue weighted by molar-refractivity contribution is 7.89. The Bertz CT molecular complexity index is 1110. The topological polar surface area (TPSA) is 93.7 Å². The van der Waals surface area contributed by atoms with Crippen molar-refractivity contribution in [2.45, 2.75) is 23.9 Å². The Morgan fingerprint density at radius 3 is 1.84 bits per heavy atom. The van der Waals surface area contributed by atoms with Crippen molar-refractivity contribution in [3.63, 3.8) is 0 Å². The van der Waals surface area contributed by atoms with Crippen LogP contribution >= 0.6 is 0 Å². The average molecular weight is 455 g/mol. The Labute approximate surface area is 188 Å². The number of sulfonamides is 1. The normalized spacial score (nSPS) is 12.2. The summed E-state index contributed by atoms with van der Waals surface area (Å²) in [6, 6.07) is 21.8. The third kappa shape index (κ3) is 5.46. The lowest BCUT2D eigenvalue weighted by molar-refractivity contribution is -0.122. The summed E-state index contributed by atoms with van der Waals surface area (Å²) in [6.45, 7) is 1.50. The van der Waals surface area contributed by atoms with Gasteiger partial charge in [0.05, 0.1) is 31.2 Å². The van der Waals surface area contributed by atoms with E-state index in [4.69, 9.17) is 9.47 Å². The molecule has 0 spiro atoms. The lowest BCUT2D eigenvalue weighted by Crippen LogP contribution is -2.46. The van der Waals surface area contributed by atoms with Crippen molar-refractivity contribution in [1.82, 2.24) is 10.0 Å². The molecule has 0 fully saturated rings. The minimum Gasteiger partial charge on any atom is -0.493 e. The van der Waals surface area contributed by atoms with Crippen LogP contribution in [0.15, 0.2) is 83.8 Å². The van der Waals surface area contributed by atoms with Gasteiger partial charge in [-0.3, -0.25) is 4.79 Å². The zero-order valence-corrected chi connectivity index (χ0v) is 18.9. The van der Waals surface area contributed by atoms with Crippen LogP contribution in [0.4, 0.5) is 0 Å². The molecule has 3 aromatic rings. The molecule has 3 rings (SSSR count). The summed E-state index contributed by atoms with van der Waals surface area (Å²) in [5, 5.41) is 2.95. The van der Waals surface area contributed by atoms with Crippen LogP contribution in [0.3, 0.4) is 0 Å². The fourth-order valence-electron chi connectivity index (χ4n) is 3.26. The highest BCUT2D eigenvalue weighted by atomic mass is 32.2. The molecule has 0 aliphatic rings. The largest absolute Gasteiger partial charge is 0.493 e. The molecule has 0 heterocycles. The Morgan fingerprint density at radius 1 is 0.812 bits per heavy atom. The van der Waals surface area contributed by atoms with Crippen molar-refractivity contribution in [2.24, 2.45) is 0 Å². The maximum atomic E-state index is 12.9. The summed E-state index contributed by atoms with van der Waals surface area (Å²) >= 11 is 0. The third-order valence-corrected chi connectivity index (χ3v) is 6.48. The molecule has 0 aliphatic heterocycles. The highest BCUT2D eigenvalue weighted by Crippen LogP contribution is 2.29. The van der Waals surface area contributed by atoms with Crippen LogP contribution in [0.1, 0.15) is 24.1 Å². The second-order valence-electron chi connectivity index (χ2n) is 7.12. The van der Waals surface area contributed by atoms with Gasteiger partial charge in [-0.05, 0) is 30.2 Å². The molecule has 168 valence electrons. The quantitative estimate of drug-likeness (QED) is 0.518. The number of amides is 1. The minimum absolute atomic E-state index is 0.0301. The average Bonchev–Trinajstić information content (AvgIpc) is 2.82.